The molecule has 2 amide bonds. The maximum Gasteiger partial charge on any atom is 0.266 e. The predicted octanol–water partition coefficient (Wildman–Crippen LogP) is 6.02. The van der Waals surface area contributed by atoms with Crippen LogP contribution in [-0.2, 0) is 9.53 Å². The summed E-state index contributed by atoms with van der Waals surface area (Å²) in [5.41, 5.74) is 2.87. The third-order valence-electron chi connectivity index (χ3n) is 7.50. The molecule has 7 nitrogen and oxygen atoms in total. The summed E-state index contributed by atoms with van der Waals surface area (Å²) in [6, 6.07) is 22.5. The maximum absolute atomic E-state index is 13.7. The molecule has 5 rings (SSSR count). The number of aliphatic hydroxyl groups excluding tert-OH is 1. The Morgan fingerprint density at radius 2 is 1.79 bits per heavy atom. The van der Waals surface area contributed by atoms with Gasteiger partial charge < -0.3 is 19.5 Å². The third-order valence-corrected chi connectivity index (χ3v) is 7.50. The molecular formula is C32H34N2O5. The number of likely N-dealkylation sites (tertiary alicyclic amines) is 1. The Kier molecular flexibility index (Phi) is 8.10. The SMILES string of the molecule is CO[C@@H](c1ccc(N2C(=O)c3ccccc3Oc3ccccc32)cc1)[C@@H](C)/C=C/CC(=O)N1CCC[C@H]1CO. The monoisotopic (exact) mass is 526 g/mol. The van der Waals surface area contributed by atoms with Gasteiger partial charge in [-0.2, -0.15) is 0 Å². The van der Waals surface area contributed by atoms with E-state index in [4.69, 9.17) is 9.47 Å². The van der Waals surface area contributed by atoms with Crippen molar-refractivity contribution in [3.05, 3.63) is 96.1 Å². The zero-order valence-corrected chi connectivity index (χ0v) is 22.3. The van der Waals surface area contributed by atoms with Crippen molar-refractivity contribution in [1.82, 2.24) is 4.90 Å². The number of para-hydroxylation sites is 3. The number of carbonyl (C=O) groups excluding carboxylic acids is 2. The number of methoxy groups -OCH3 is 1. The van der Waals surface area contributed by atoms with Gasteiger partial charge in [-0.3, -0.25) is 14.5 Å². The number of amides is 2. The van der Waals surface area contributed by atoms with Crippen molar-refractivity contribution in [2.45, 2.75) is 38.3 Å². The Morgan fingerprint density at radius 1 is 1.08 bits per heavy atom. The standard InChI is InChI=1S/C32H34N2O5/c1-22(9-7-15-30(36)33-20-8-10-25(33)21-35)31(38-2)23-16-18-24(19-17-23)34-27-12-4-6-14-29(27)39-28-13-5-3-11-26(28)32(34)37/h3-7,9,11-14,16-19,22,25,31,35H,8,10,15,20-21H2,1-2H3/b9-7+/t22-,25-,31+/m0/s1. The first-order chi connectivity index (χ1) is 19.0. The molecule has 39 heavy (non-hydrogen) atoms. The van der Waals surface area contributed by atoms with Gasteiger partial charge in [-0.05, 0) is 54.8 Å². The highest BCUT2D eigenvalue weighted by Crippen LogP contribution is 2.42. The van der Waals surface area contributed by atoms with Crippen molar-refractivity contribution in [1.29, 1.82) is 0 Å². The van der Waals surface area contributed by atoms with E-state index in [0.29, 0.717) is 35.7 Å². The van der Waals surface area contributed by atoms with E-state index in [-0.39, 0.29) is 36.5 Å². The zero-order valence-electron chi connectivity index (χ0n) is 22.3. The first-order valence-corrected chi connectivity index (χ1v) is 13.4. The van der Waals surface area contributed by atoms with Crippen LogP contribution in [0.15, 0.2) is 84.9 Å². The molecule has 2 heterocycles. The Labute approximate surface area is 229 Å². The second-order valence-corrected chi connectivity index (χ2v) is 10.0. The predicted molar refractivity (Wildman–Crippen MR) is 150 cm³/mol. The summed E-state index contributed by atoms with van der Waals surface area (Å²) < 4.78 is 11.9. The molecule has 2 aliphatic heterocycles. The number of benzene rings is 3. The van der Waals surface area contributed by atoms with Gasteiger partial charge in [0.1, 0.15) is 5.75 Å². The van der Waals surface area contributed by atoms with E-state index in [1.807, 2.05) is 72.8 Å². The van der Waals surface area contributed by atoms with Crippen LogP contribution in [0, 0.1) is 5.92 Å². The molecule has 3 aromatic rings. The summed E-state index contributed by atoms with van der Waals surface area (Å²) >= 11 is 0. The van der Waals surface area contributed by atoms with E-state index < -0.39 is 0 Å². The average molecular weight is 527 g/mol. The molecular weight excluding hydrogens is 492 g/mol. The van der Waals surface area contributed by atoms with Gasteiger partial charge in [0.15, 0.2) is 5.75 Å². The van der Waals surface area contributed by atoms with Crippen LogP contribution in [0.2, 0.25) is 0 Å². The lowest BCUT2D eigenvalue weighted by Gasteiger charge is -2.25. The van der Waals surface area contributed by atoms with Crippen molar-refractivity contribution in [3.8, 4) is 11.5 Å². The van der Waals surface area contributed by atoms with E-state index in [0.717, 1.165) is 24.1 Å². The summed E-state index contributed by atoms with van der Waals surface area (Å²) in [5, 5.41) is 9.50. The minimum absolute atomic E-state index is 0.0155. The number of carbonyl (C=O) groups is 2. The largest absolute Gasteiger partial charge is 0.454 e. The molecule has 2 aliphatic rings. The fraction of sp³-hybridized carbons (Fsp3) is 0.312. The van der Waals surface area contributed by atoms with Gasteiger partial charge in [0.2, 0.25) is 5.91 Å². The molecule has 0 radical (unpaired) electrons. The topological polar surface area (TPSA) is 79.3 Å². The lowest BCUT2D eigenvalue weighted by molar-refractivity contribution is -0.131. The first-order valence-electron chi connectivity index (χ1n) is 13.4. The van der Waals surface area contributed by atoms with Crippen LogP contribution in [0.3, 0.4) is 0 Å². The Balaban J connectivity index is 1.33. The van der Waals surface area contributed by atoms with Crippen LogP contribution < -0.4 is 9.64 Å². The molecule has 0 unspecified atom stereocenters. The molecule has 0 spiro atoms. The van der Waals surface area contributed by atoms with Crippen molar-refractivity contribution in [3.63, 3.8) is 0 Å². The van der Waals surface area contributed by atoms with Gasteiger partial charge in [0.05, 0.1) is 30.0 Å². The van der Waals surface area contributed by atoms with Crippen LogP contribution in [-0.4, -0.2) is 48.1 Å². The molecule has 0 aromatic heterocycles. The van der Waals surface area contributed by atoms with Gasteiger partial charge in [-0.15, -0.1) is 0 Å². The van der Waals surface area contributed by atoms with Crippen molar-refractivity contribution < 1.29 is 24.2 Å². The first kappa shape index (κ1) is 26.7. The van der Waals surface area contributed by atoms with Gasteiger partial charge in [-0.1, -0.05) is 55.5 Å². The Hall–Kier alpha value is -3.94. The highest BCUT2D eigenvalue weighted by molar-refractivity contribution is 6.14. The fourth-order valence-corrected chi connectivity index (χ4v) is 5.49. The van der Waals surface area contributed by atoms with E-state index in [9.17, 15) is 14.7 Å². The maximum atomic E-state index is 13.7. The van der Waals surface area contributed by atoms with E-state index in [2.05, 4.69) is 6.92 Å². The van der Waals surface area contributed by atoms with E-state index in [1.54, 1.807) is 29.0 Å². The summed E-state index contributed by atoms with van der Waals surface area (Å²) in [7, 11) is 1.67. The zero-order chi connectivity index (χ0) is 27.4. The molecule has 202 valence electrons. The smallest absolute Gasteiger partial charge is 0.266 e. The summed E-state index contributed by atoms with van der Waals surface area (Å²) in [5.74, 6) is 1.04. The van der Waals surface area contributed by atoms with Crippen LogP contribution in [0.5, 0.6) is 11.5 Å². The van der Waals surface area contributed by atoms with Crippen molar-refractivity contribution in [2.75, 3.05) is 25.2 Å². The molecule has 3 aromatic carbocycles. The highest BCUT2D eigenvalue weighted by Gasteiger charge is 2.30. The van der Waals surface area contributed by atoms with Gasteiger partial charge >= 0.3 is 0 Å². The lowest BCUT2D eigenvalue weighted by atomic mass is 9.96. The summed E-state index contributed by atoms with van der Waals surface area (Å²) in [6.45, 7) is 2.78. The summed E-state index contributed by atoms with van der Waals surface area (Å²) in [6.07, 6.45) is 5.78. The van der Waals surface area contributed by atoms with Crippen LogP contribution in [0.4, 0.5) is 11.4 Å². The molecule has 7 heteroatoms. The quantitative estimate of drug-likeness (QED) is 0.363. The van der Waals surface area contributed by atoms with Crippen LogP contribution in [0.25, 0.3) is 0 Å². The van der Waals surface area contributed by atoms with E-state index in [1.165, 1.54) is 0 Å². The molecule has 0 bridgehead atoms. The molecule has 0 aliphatic carbocycles. The number of fused-ring (bicyclic) bond motifs is 2. The van der Waals surface area contributed by atoms with Crippen LogP contribution >= 0.6 is 0 Å². The lowest BCUT2D eigenvalue weighted by Crippen LogP contribution is -2.37. The minimum Gasteiger partial charge on any atom is -0.454 e. The molecule has 1 fully saturated rings. The second-order valence-electron chi connectivity index (χ2n) is 10.0. The van der Waals surface area contributed by atoms with Gasteiger partial charge in [0.25, 0.3) is 5.91 Å². The van der Waals surface area contributed by atoms with Gasteiger partial charge in [-0.25, -0.2) is 0 Å². The van der Waals surface area contributed by atoms with Crippen LogP contribution in [0.1, 0.15) is 48.2 Å². The number of hydrogen-bond acceptors (Lipinski definition) is 5. The Bertz CT molecular complexity index is 1350. The Morgan fingerprint density at radius 3 is 2.54 bits per heavy atom. The molecule has 1 saturated heterocycles. The second kappa shape index (κ2) is 11.8. The van der Waals surface area contributed by atoms with E-state index >= 15 is 0 Å². The highest BCUT2D eigenvalue weighted by atomic mass is 16.5. The number of nitrogens with zero attached hydrogens (tertiary/aromatic N) is 2. The summed E-state index contributed by atoms with van der Waals surface area (Å²) in [4.78, 5) is 29.7. The van der Waals surface area contributed by atoms with Crippen molar-refractivity contribution >= 4 is 23.2 Å². The van der Waals surface area contributed by atoms with Gasteiger partial charge in [0, 0.05) is 31.7 Å². The third kappa shape index (κ3) is 5.46. The normalized spacial score (nSPS) is 18.3. The minimum atomic E-state index is -0.224. The number of rotatable bonds is 8. The molecule has 3 atom stereocenters. The fourth-order valence-electron chi connectivity index (χ4n) is 5.49. The average Bonchev–Trinajstić information content (AvgIpc) is 3.40. The number of anilines is 2. The number of aliphatic hydroxyl groups is 1. The molecule has 0 saturated carbocycles. The number of ether oxygens (including phenoxy) is 2. The molecule has 1 N–H and O–H groups in total. The number of hydrogen-bond donors (Lipinski definition) is 1. The van der Waals surface area contributed by atoms with Crippen molar-refractivity contribution in [2.24, 2.45) is 5.92 Å².